The minimum atomic E-state index is -0.345. The van der Waals surface area contributed by atoms with Crippen molar-refractivity contribution in [1.82, 2.24) is 14.4 Å². The third-order valence-corrected chi connectivity index (χ3v) is 5.22. The second-order valence-electron chi connectivity index (χ2n) is 6.83. The van der Waals surface area contributed by atoms with Crippen LogP contribution in [0.15, 0.2) is 57.7 Å². The smallest absolute Gasteiger partial charge is 0.408 e. The van der Waals surface area contributed by atoms with Gasteiger partial charge in [0.05, 0.1) is 29.4 Å². The molecule has 1 aliphatic rings. The number of aromatic nitrogens is 1. The summed E-state index contributed by atoms with van der Waals surface area (Å²) in [6.07, 6.45) is 0. The second-order valence-corrected chi connectivity index (χ2v) is 7.23. The number of hydrogen-bond donors (Lipinski definition) is 1. The first-order valence-electron chi connectivity index (χ1n) is 9.17. The van der Waals surface area contributed by atoms with E-state index in [0.717, 1.165) is 31.7 Å². The Kier molecular flexibility index (Phi) is 5.47. The van der Waals surface area contributed by atoms with Gasteiger partial charge in [0.1, 0.15) is 0 Å². The average molecular weight is 401 g/mol. The molecule has 0 bridgehead atoms. The van der Waals surface area contributed by atoms with Gasteiger partial charge in [-0.1, -0.05) is 35.9 Å². The number of hydrogen-bond acceptors (Lipinski definition) is 5. The lowest BCUT2D eigenvalue weighted by Crippen LogP contribution is -2.49. The number of anilines is 1. The van der Waals surface area contributed by atoms with Crippen molar-refractivity contribution in [3.8, 4) is 0 Å². The fraction of sp³-hybridized carbons (Fsp3) is 0.300. The molecule has 0 aliphatic carbocycles. The summed E-state index contributed by atoms with van der Waals surface area (Å²) in [7, 11) is 0. The van der Waals surface area contributed by atoms with Crippen LogP contribution < -0.4 is 11.1 Å². The molecule has 1 aromatic heterocycles. The third kappa shape index (κ3) is 4.11. The highest BCUT2D eigenvalue weighted by Crippen LogP contribution is 2.20. The SMILES string of the molecule is O=C(CN1CCN(Cn2c(=O)oc3ccccc32)CC1)Nc1ccccc1Cl. The van der Waals surface area contributed by atoms with E-state index in [9.17, 15) is 9.59 Å². The summed E-state index contributed by atoms with van der Waals surface area (Å²) in [5, 5.41) is 3.38. The molecule has 28 heavy (non-hydrogen) atoms. The maximum absolute atomic E-state index is 12.3. The van der Waals surface area contributed by atoms with Crippen LogP contribution in [0.2, 0.25) is 5.02 Å². The van der Waals surface area contributed by atoms with Gasteiger partial charge in [0.2, 0.25) is 5.91 Å². The van der Waals surface area contributed by atoms with Gasteiger partial charge in [0.15, 0.2) is 5.58 Å². The Morgan fingerprint density at radius 1 is 1.00 bits per heavy atom. The van der Waals surface area contributed by atoms with Gasteiger partial charge in [-0.15, -0.1) is 0 Å². The molecule has 0 spiro atoms. The normalized spacial score (nSPS) is 15.8. The molecule has 8 heteroatoms. The van der Waals surface area contributed by atoms with Gasteiger partial charge in [-0.2, -0.15) is 0 Å². The van der Waals surface area contributed by atoms with Crippen LogP contribution in [-0.4, -0.2) is 53.0 Å². The van der Waals surface area contributed by atoms with Crippen molar-refractivity contribution >= 4 is 34.3 Å². The Bertz CT molecular complexity index is 1040. The first-order chi connectivity index (χ1) is 13.6. The molecule has 1 amide bonds. The van der Waals surface area contributed by atoms with Crippen molar-refractivity contribution in [3.05, 3.63) is 64.1 Å². The Hall–Kier alpha value is -2.61. The van der Waals surface area contributed by atoms with Crippen molar-refractivity contribution in [1.29, 1.82) is 0 Å². The summed E-state index contributed by atoms with van der Waals surface area (Å²) in [5.41, 5.74) is 2.02. The molecule has 4 rings (SSSR count). The molecule has 0 radical (unpaired) electrons. The van der Waals surface area contributed by atoms with E-state index in [0.29, 0.717) is 29.5 Å². The van der Waals surface area contributed by atoms with Crippen molar-refractivity contribution < 1.29 is 9.21 Å². The van der Waals surface area contributed by atoms with Gasteiger partial charge in [-0.3, -0.25) is 19.2 Å². The molecule has 1 fully saturated rings. The molecule has 0 saturated carbocycles. The molecule has 1 saturated heterocycles. The van der Waals surface area contributed by atoms with E-state index in [1.54, 1.807) is 22.8 Å². The zero-order valence-corrected chi connectivity index (χ0v) is 16.1. The molecular formula is C20H21ClN4O3. The lowest BCUT2D eigenvalue weighted by molar-refractivity contribution is -0.117. The summed E-state index contributed by atoms with van der Waals surface area (Å²) in [5.74, 6) is -0.429. The van der Waals surface area contributed by atoms with Gasteiger partial charge < -0.3 is 9.73 Å². The second kappa shape index (κ2) is 8.18. The number of amides is 1. The molecule has 0 atom stereocenters. The zero-order valence-electron chi connectivity index (χ0n) is 15.3. The zero-order chi connectivity index (χ0) is 19.5. The van der Waals surface area contributed by atoms with E-state index < -0.39 is 0 Å². The first-order valence-corrected chi connectivity index (χ1v) is 9.55. The molecular weight excluding hydrogens is 380 g/mol. The molecule has 3 aromatic rings. The molecule has 0 unspecified atom stereocenters. The molecule has 2 aromatic carbocycles. The highest BCUT2D eigenvalue weighted by atomic mass is 35.5. The van der Waals surface area contributed by atoms with Crippen molar-refractivity contribution in [2.75, 3.05) is 38.0 Å². The first kappa shape index (κ1) is 18.7. The lowest BCUT2D eigenvalue weighted by Gasteiger charge is -2.34. The quantitative estimate of drug-likeness (QED) is 0.712. The molecule has 1 aliphatic heterocycles. The Morgan fingerprint density at radius 2 is 1.68 bits per heavy atom. The summed E-state index contributed by atoms with van der Waals surface area (Å²) in [6.45, 7) is 3.83. The van der Waals surface area contributed by atoms with Crippen LogP contribution in [0.1, 0.15) is 0 Å². The number of halogens is 1. The van der Waals surface area contributed by atoms with E-state index in [4.69, 9.17) is 16.0 Å². The van der Waals surface area contributed by atoms with Gasteiger partial charge in [-0.05, 0) is 24.3 Å². The minimum absolute atomic E-state index is 0.0846. The predicted octanol–water partition coefficient (Wildman–Crippen LogP) is 2.46. The largest absolute Gasteiger partial charge is 0.421 e. The third-order valence-electron chi connectivity index (χ3n) is 4.90. The number of fused-ring (bicyclic) bond motifs is 1. The van der Waals surface area contributed by atoms with Gasteiger partial charge in [-0.25, -0.2) is 4.79 Å². The number of nitrogens with one attached hydrogen (secondary N) is 1. The predicted molar refractivity (Wildman–Crippen MR) is 109 cm³/mol. The Balaban J connectivity index is 1.31. The van der Waals surface area contributed by atoms with Crippen LogP contribution in [0.4, 0.5) is 5.69 Å². The van der Waals surface area contributed by atoms with Gasteiger partial charge in [0.25, 0.3) is 0 Å². The number of rotatable bonds is 5. The summed E-state index contributed by atoms with van der Waals surface area (Å²) < 4.78 is 6.94. The highest BCUT2D eigenvalue weighted by Gasteiger charge is 2.21. The number of para-hydroxylation sites is 3. The monoisotopic (exact) mass is 400 g/mol. The summed E-state index contributed by atoms with van der Waals surface area (Å²) in [4.78, 5) is 28.7. The Morgan fingerprint density at radius 3 is 2.46 bits per heavy atom. The van der Waals surface area contributed by atoms with Crippen LogP contribution in [-0.2, 0) is 11.5 Å². The summed E-state index contributed by atoms with van der Waals surface area (Å²) in [6, 6.07) is 14.6. The van der Waals surface area contributed by atoms with Gasteiger partial charge >= 0.3 is 5.76 Å². The van der Waals surface area contributed by atoms with E-state index in [2.05, 4.69) is 15.1 Å². The summed E-state index contributed by atoms with van der Waals surface area (Å²) >= 11 is 6.08. The number of benzene rings is 2. The van der Waals surface area contributed by atoms with Crippen molar-refractivity contribution in [2.24, 2.45) is 0 Å². The van der Waals surface area contributed by atoms with Crippen molar-refractivity contribution in [3.63, 3.8) is 0 Å². The number of carbonyl (C=O) groups excluding carboxylic acids is 1. The standard InChI is InChI=1S/C20H21ClN4O3/c21-15-5-1-2-6-16(15)22-19(26)13-23-9-11-24(12-10-23)14-25-17-7-3-4-8-18(17)28-20(25)27/h1-8H,9-14H2,(H,22,26). The highest BCUT2D eigenvalue weighted by molar-refractivity contribution is 6.33. The lowest BCUT2D eigenvalue weighted by atomic mass is 10.3. The number of nitrogens with zero attached hydrogens (tertiary/aromatic N) is 3. The van der Waals surface area contributed by atoms with Crippen LogP contribution in [0, 0.1) is 0 Å². The van der Waals surface area contributed by atoms with E-state index in [1.807, 2.05) is 30.3 Å². The molecule has 146 valence electrons. The fourth-order valence-electron chi connectivity index (χ4n) is 3.39. The maximum atomic E-state index is 12.3. The fourth-order valence-corrected chi connectivity index (χ4v) is 3.58. The van der Waals surface area contributed by atoms with Crippen LogP contribution in [0.5, 0.6) is 0 Å². The van der Waals surface area contributed by atoms with E-state index >= 15 is 0 Å². The number of carbonyl (C=O) groups is 1. The molecule has 2 heterocycles. The topological polar surface area (TPSA) is 70.7 Å². The average Bonchev–Trinajstić information content (AvgIpc) is 3.00. The van der Waals surface area contributed by atoms with Crippen LogP contribution >= 0.6 is 11.6 Å². The van der Waals surface area contributed by atoms with E-state index in [1.165, 1.54) is 0 Å². The van der Waals surface area contributed by atoms with Crippen LogP contribution in [0.3, 0.4) is 0 Å². The Labute approximate surface area is 167 Å². The molecule has 1 N–H and O–H groups in total. The van der Waals surface area contributed by atoms with Gasteiger partial charge in [0, 0.05) is 26.2 Å². The number of oxazole rings is 1. The van der Waals surface area contributed by atoms with E-state index in [-0.39, 0.29) is 11.7 Å². The maximum Gasteiger partial charge on any atom is 0.421 e. The minimum Gasteiger partial charge on any atom is -0.408 e. The molecule has 7 nitrogen and oxygen atoms in total. The van der Waals surface area contributed by atoms with Crippen molar-refractivity contribution in [2.45, 2.75) is 6.67 Å². The van der Waals surface area contributed by atoms with Crippen LogP contribution in [0.25, 0.3) is 11.1 Å². The number of piperazine rings is 1.